The number of hydrogen-bond acceptors (Lipinski definition) is 2. The highest BCUT2D eigenvalue weighted by Crippen LogP contribution is 2.11. The Labute approximate surface area is 107 Å². The molecule has 18 heavy (non-hydrogen) atoms. The molecule has 1 aromatic heterocycles. The van der Waals surface area contributed by atoms with Crippen LogP contribution in [0.5, 0.6) is 0 Å². The van der Waals surface area contributed by atoms with Crippen molar-refractivity contribution in [2.45, 2.75) is 26.2 Å². The molecule has 0 aliphatic rings. The second kappa shape index (κ2) is 5.63. The van der Waals surface area contributed by atoms with Gasteiger partial charge in [0, 0.05) is 19.7 Å². The maximum Gasteiger partial charge on any atom is 0.166 e. The van der Waals surface area contributed by atoms with Gasteiger partial charge in [-0.3, -0.25) is 9.48 Å². The van der Waals surface area contributed by atoms with Crippen molar-refractivity contribution in [1.82, 2.24) is 9.78 Å². The third-order valence-corrected chi connectivity index (χ3v) is 3.03. The van der Waals surface area contributed by atoms with E-state index in [1.165, 1.54) is 5.56 Å². The monoisotopic (exact) mass is 242 g/mol. The molecule has 1 aromatic carbocycles. The summed E-state index contributed by atoms with van der Waals surface area (Å²) in [5.41, 5.74) is 2.86. The molecule has 0 radical (unpaired) electrons. The summed E-state index contributed by atoms with van der Waals surface area (Å²) in [6.45, 7) is 1.88. The normalized spacial score (nSPS) is 10.6. The molecule has 0 aliphatic heterocycles. The lowest BCUT2D eigenvalue weighted by atomic mass is 10.0. The summed E-state index contributed by atoms with van der Waals surface area (Å²) in [6.07, 6.45) is 4.23. The summed E-state index contributed by atoms with van der Waals surface area (Å²) in [6, 6.07) is 10.3. The quantitative estimate of drug-likeness (QED) is 0.756. The molecule has 0 atom stereocenters. The minimum absolute atomic E-state index is 0.191. The first-order valence-electron chi connectivity index (χ1n) is 6.24. The Kier molecular flexibility index (Phi) is 3.92. The lowest BCUT2D eigenvalue weighted by Crippen LogP contribution is -2.00. The highest BCUT2D eigenvalue weighted by molar-refractivity contribution is 5.96. The van der Waals surface area contributed by atoms with E-state index in [-0.39, 0.29) is 5.78 Å². The fraction of sp³-hybridized carbons (Fsp3) is 0.333. The van der Waals surface area contributed by atoms with E-state index in [0.29, 0.717) is 6.42 Å². The first-order valence-corrected chi connectivity index (χ1v) is 6.24. The summed E-state index contributed by atoms with van der Waals surface area (Å²) in [4.78, 5) is 12.0. The first kappa shape index (κ1) is 12.6. The van der Waals surface area contributed by atoms with Gasteiger partial charge >= 0.3 is 0 Å². The van der Waals surface area contributed by atoms with Crippen LogP contribution in [0.4, 0.5) is 0 Å². The number of aryl methyl sites for hydroxylation is 3. The van der Waals surface area contributed by atoms with Crippen molar-refractivity contribution in [3.8, 4) is 0 Å². The zero-order valence-corrected chi connectivity index (χ0v) is 10.9. The molecule has 2 rings (SSSR count). The van der Waals surface area contributed by atoms with Gasteiger partial charge in [-0.1, -0.05) is 30.3 Å². The fourth-order valence-corrected chi connectivity index (χ4v) is 2.11. The number of carbonyl (C=O) groups is 1. The van der Waals surface area contributed by atoms with E-state index in [4.69, 9.17) is 0 Å². The summed E-state index contributed by atoms with van der Waals surface area (Å²) in [5.74, 6) is 0.191. The molecule has 0 saturated carbocycles. The number of rotatable bonds is 5. The Morgan fingerprint density at radius 2 is 2.00 bits per heavy atom. The Morgan fingerprint density at radius 3 is 2.61 bits per heavy atom. The van der Waals surface area contributed by atoms with Crippen LogP contribution in [0.3, 0.4) is 0 Å². The minimum Gasteiger partial charge on any atom is -0.294 e. The van der Waals surface area contributed by atoms with Gasteiger partial charge in [-0.2, -0.15) is 5.10 Å². The van der Waals surface area contributed by atoms with Crippen LogP contribution in [0.1, 0.15) is 34.5 Å². The molecule has 94 valence electrons. The summed E-state index contributed by atoms with van der Waals surface area (Å²) in [5, 5.41) is 4.19. The molecule has 2 aromatic rings. The molecular weight excluding hydrogens is 224 g/mol. The van der Waals surface area contributed by atoms with Gasteiger partial charge in [0.15, 0.2) is 5.78 Å². The zero-order valence-electron chi connectivity index (χ0n) is 10.9. The third-order valence-electron chi connectivity index (χ3n) is 3.03. The Hall–Kier alpha value is -1.90. The summed E-state index contributed by atoms with van der Waals surface area (Å²) in [7, 11) is 1.84. The maximum absolute atomic E-state index is 12.0. The van der Waals surface area contributed by atoms with Gasteiger partial charge in [0.05, 0.1) is 11.3 Å². The number of nitrogens with zero attached hydrogens (tertiary/aromatic N) is 2. The van der Waals surface area contributed by atoms with Crippen LogP contribution >= 0.6 is 0 Å². The predicted octanol–water partition coefficient (Wildman–Crippen LogP) is 2.93. The first-order chi connectivity index (χ1) is 8.66. The number of hydrogen-bond donors (Lipinski definition) is 0. The molecule has 0 unspecified atom stereocenters. The van der Waals surface area contributed by atoms with Gasteiger partial charge in [-0.05, 0) is 25.3 Å². The standard InChI is InChI=1S/C15H18N2O/c1-12-14(11-17(2)16-12)15(18)10-6-9-13-7-4-3-5-8-13/h3-5,7-8,11H,6,9-10H2,1-2H3. The van der Waals surface area contributed by atoms with Crippen molar-refractivity contribution in [2.24, 2.45) is 7.05 Å². The van der Waals surface area contributed by atoms with Crippen LogP contribution in [-0.4, -0.2) is 15.6 Å². The SMILES string of the molecule is Cc1nn(C)cc1C(=O)CCCc1ccccc1. The molecule has 0 N–H and O–H groups in total. The van der Waals surface area contributed by atoms with Crippen LogP contribution in [-0.2, 0) is 13.5 Å². The largest absolute Gasteiger partial charge is 0.294 e. The van der Waals surface area contributed by atoms with E-state index in [1.807, 2.05) is 32.2 Å². The average molecular weight is 242 g/mol. The highest BCUT2D eigenvalue weighted by Gasteiger charge is 2.11. The smallest absolute Gasteiger partial charge is 0.166 e. The maximum atomic E-state index is 12.0. The molecule has 0 aliphatic carbocycles. The fourth-order valence-electron chi connectivity index (χ4n) is 2.11. The molecular formula is C15H18N2O. The second-order valence-electron chi connectivity index (χ2n) is 4.56. The molecule has 0 spiro atoms. The van der Waals surface area contributed by atoms with Crippen LogP contribution in [0, 0.1) is 6.92 Å². The predicted molar refractivity (Wildman–Crippen MR) is 71.7 cm³/mol. The van der Waals surface area contributed by atoms with E-state index < -0.39 is 0 Å². The summed E-state index contributed by atoms with van der Waals surface area (Å²) >= 11 is 0. The lowest BCUT2D eigenvalue weighted by Gasteiger charge is -2.00. The van der Waals surface area contributed by atoms with E-state index in [9.17, 15) is 4.79 Å². The Bertz CT molecular complexity index is 529. The van der Waals surface area contributed by atoms with Crippen molar-refractivity contribution in [3.05, 3.63) is 53.3 Å². The Morgan fingerprint density at radius 1 is 1.28 bits per heavy atom. The number of aromatic nitrogens is 2. The molecule has 3 heteroatoms. The van der Waals surface area contributed by atoms with Gasteiger partial charge in [-0.15, -0.1) is 0 Å². The van der Waals surface area contributed by atoms with E-state index in [0.717, 1.165) is 24.1 Å². The number of Topliss-reactive ketones (excluding diaryl/α,β-unsaturated/α-hetero) is 1. The van der Waals surface area contributed by atoms with Crippen LogP contribution in [0.25, 0.3) is 0 Å². The highest BCUT2D eigenvalue weighted by atomic mass is 16.1. The topological polar surface area (TPSA) is 34.9 Å². The van der Waals surface area contributed by atoms with Crippen molar-refractivity contribution >= 4 is 5.78 Å². The van der Waals surface area contributed by atoms with E-state index in [1.54, 1.807) is 10.9 Å². The van der Waals surface area contributed by atoms with Gasteiger partial charge in [-0.25, -0.2) is 0 Å². The zero-order chi connectivity index (χ0) is 13.0. The van der Waals surface area contributed by atoms with Crippen molar-refractivity contribution in [2.75, 3.05) is 0 Å². The number of carbonyl (C=O) groups excluding carboxylic acids is 1. The number of benzene rings is 1. The van der Waals surface area contributed by atoms with Crippen molar-refractivity contribution in [1.29, 1.82) is 0 Å². The van der Waals surface area contributed by atoms with Gasteiger partial charge in [0.2, 0.25) is 0 Å². The van der Waals surface area contributed by atoms with E-state index in [2.05, 4.69) is 17.2 Å². The second-order valence-corrected chi connectivity index (χ2v) is 4.56. The molecule has 0 saturated heterocycles. The van der Waals surface area contributed by atoms with Crippen LogP contribution in [0.15, 0.2) is 36.5 Å². The minimum atomic E-state index is 0.191. The molecule has 0 bridgehead atoms. The van der Waals surface area contributed by atoms with E-state index >= 15 is 0 Å². The summed E-state index contributed by atoms with van der Waals surface area (Å²) < 4.78 is 1.69. The van der Waals surface area contributed by atoms with Gasteiger partial charge in [0.1, 0.15) is 0 Å². The molecule has 1 heterocycles. The Balaban J connectivity index is 1.87. The van der Waals surface area contributed by atoms with Crippen LogP contribution < -0.4 is 0 Å². The van der Waals surface area contributed by atoms with Crippen molar-refractivity contribution < 1.29 is 4.79 Å². The lowest BCUT2D eigenvalue weighted by molar-refractivity contribution is 0.0979. The average Bonchev–Trinajstić information content (AvgIpc) is 2.70. The number of ketones is 1. The van der Waals surface area contributed by atoms with Crippen LogP contribution in [0.2, 0.25) is 0 Å². The molecule has 0 amide bonds. The molecule has 0 fully saturated rings. The van der Waals surface area contributed by atoms with Crippen molar-refractivity contribution in [3.63, 3.8) is 0 Å². The molecule has 3 nitrogen and oxygen atoms in total. The third kappa shape index (κ3) is 3.06. The van der Waals surface area contributed by atoms with Gasteiger partial charge in [0.25, 0.3) is 0 Å². The van der Waals surface area contributed by atoms with Gasteiger partial charge < -0.3 is 0 Å².